The van der Waals surface area contributed by atoms with Crippen LogP contribution in [-0.2, 0) is 15.3 Å². The van der Waals surface area contributed by atoms with Gasteiger partial charge in [0.2, 0.25) is 5.91 Å². The molecule has 0 fully saturated rings. The van der Waals surface area contributed by atoms with Gasteiger partial charge in [-0.3, -0.25) is 9.59 Å². The van der Waals surface area contributed by atoms with Gasteiger partial charge < -0.3 is 10.0 Å². The molecule has 116 valence electrons. The monoisotopic (exact) mass is 309 g/mol. The van der Waals surface area contributed by atoms with Gasteiger partial charge in [0.15, 0.2) is 0 Å². The lowest BCUT2D eigenvalue weighted by Crippen LogP contribution is -2.39. The first kappa shape index (κ1) is 17.6. The average Bonchev–Trinajstić information content (AvgIpc) is 2.44. The molecule has 0 aliphatic rings. The summed E-state index contributed by atoms with van der Waals surface area (Å²) in [6, 6.07) is 10.1. The number of rotatable bonds is 9. The lowest BCUT2D eigenvalue weighted by Gasteiger charge is -2.26. The lowest BCUT2D eigenvalue weighted by atomic mass is 10.2. The Morgan fingerprint density at radius 2 is 1.90 bits per heavy atom. The first-order valence-corrected chi connectivity index (χ1v) is 8.29. The van der Waals surface area contributed by atoms with Crippen LogP contribution in [0.1, 0.15) is 32.3 Å². The molecule has 1 amide bonds. The number of hydrogen-bond donors (Lipinski definition) is 1. The van der Waals surface area contributed by atoms with E-state index in [-0.39, 0.29) is 18.4 Å². The maximum Gasteiger partial charge on any atom is 0.303 e. The summed E-state index contributed by atoms with van der Waals surface area (Å²) in [6.45, 7) is 4.43. The summed E-state index contributed by atoms with van der Waals surface area (Å²) in [6.07, 6.45) is 0.607. The van der Waals surface area contributed by atoms with Gasteiger partial charge in [-0.15, -0.1) is 11.8 Å². The quantitative estimate of drug-likeness (QED) is 0.762. The molecular formula is C16H23NO3S. The van der Waals surface area contributed by atoms with Gasteiger partial charge in [0, 0.05) is 24.8 Å². The van der Waals surface area contributed by atoms with Gasteiger partial charge >= 0.3 is 5.97 Å². The van der Waals surface area contributed by atoms with Crippen LogP contribution in [0.3, 0.4) is 0 Å². The van der Waals surface area contributed by atoms with E-state index < -0.39 is 5.97 Å². The third kappa shape index (κ3) is 7.18. The molecule has 0 aliphatic carbocycles. The lowest BCUT2D eigenvalue weighted by molar-refractivity contribution is -0.138. The number of carboxylic acids is 1. The van der Waals surface area contributed by atoms with Gasteiger partial charge in [-0.05, 0) is 25.8 Å². The zero-order valence-corrected chi connectivity index (χ0v) is 13.4. The van der Waals surface area contributed by atoms with E-state index in [4.69, 9.17) is 5.11 Å². The third-order valence-electron chi connectivity index (χ3n) is 3.07. The predicted octanol–water partition coefficient (Wildman–Crippen LogP) is 3.02. The van der Waals surface area contributed by atoms with Crippen LogP contribution in [0.15, 0.2) is 30.3 Å². The van der Waals surface area contributed by atoms with Crippen molar-refractivity contribution in [1.82, 2.24) is 4.90 Å². The SMILES string of the molecule is CC(C)N(CCCC(=O)O)C(=O)CSCc1ccccc1. The fourth-order valence-corrected chi connectivity index (χ4v) is 2.86. The van der Waals surface area contributed by atoms with Crippen LogP contribution in [0, 0.1) is 0 Å². The van der Waals surface area contributed by atoms with Crippen molar-refractivity contribution in [3.8, 4) is 0 Å². The second-order valence-corrected chi connectivity index (χ2v) is 6.14. The van der Waals surface area contributed by atoms with Crippen molar-refractivity contribution in [2.45, 2.75) is 38.5 Å². The number of carbonyl (C=O) groups is 2. The van der Waals surface area contributed by atoms with E-state index in [2.05, 4.69) is 0 Å². The fourth-order valence-electron chi connectivity index (χ4n) is 1.98. The van der Waals surface area contributed by atoms with E-state index in [9.17, 15) is 9.59 Å². The van der Waals surface area contributed by atoms with E-state index in [1.54, 1.807) is 16.7 Å². The molecular weight excluding hydrogens is 286 g/mol. The summed E-state index contributed by atoms with van der Waals surface area (Å²) in [5.74, 6) is 0.509. The molecule has 1 N–H and O–H groups in total. The Labute approximate surface area is 130 Å². The van der Waals surface area contributed by atoms with Crippen molar-refractivity contribution in [3.05, 3.63) is 35.9 Å². The molecule has 0 atom stereocenters. The second kappa shape index (κ2) is 9.45. The van der Waals surface area contributed by atoms with E-state index in [1.807, 2.05) is 44.2 Å². The predicted molar refractivity (Wildman–Crippen MR) is 86.3 cm³/mol. The molecule has 0 radical (unpaired) electrons. The minimum Gasteiger partial charge on any atom is -0.481 e. The maximum atomic E-state index is 12.2. The molecule has 0 saturated carbocycles. The van der Waals surface area contributed by atoms with E-state index >= 15 is 0 Å². The number of thioether (sulfide) groups is 1. The Morgan fingerprint density at radius 3 is 2.48 bits per heavy atom. The molecule has 21 heavy (non-hydrogen) atoms. The van der Waals surface area contributed by atoms with Crippen molar-refractivity contribution < 1.29 is 14.7 Å². The highest BCUT2D eigenvalue weighted by atomic mass is 32.2. The van der Waals surface area contributed by atoms with Crippen LogP contribution in [0.5, 0.6) is 0 Å². The molecule has 1 aromatic rings. The van der Waals surface area contributed by atoms with Crippen LogP contribution >= 0.6 is 11.8 Å². The molecule has 1 rings (SSSR count). The molecule has 0 aliphatic heterocycles. The highest BCUT2D eigenvalue weighted by Crippen LogP contribution is 2.13. The maximum absolute atomic E-state index is 12.2. The molecule has 4 nitrogen and oxygen atoms in total. The van der Waals surface area contributed by atoms with Gasteiger partial charge in [-0.25, -0.2) is 0 Å². The summed E-state index contributed by atoms with van der Waals surface area (Å²) < 4.78 is 0. The molecule has 0 spiro atoms. The van der Waals surface area contributed by atoms with Crippen LogP contribution in [0.2, 0.25) is 0 Å². The minimum atomic E-state index is -0.815. The molecule has 0 heterocycles. The Hall–Kier alpha value is -1.49. The van der Waals surface area contributed by atoms with Gasteiger partial charge in [0.1, 0.15) is 0 Å². The molecule has 0 unspecified atom stereocenters. The van der Waals surface area contributed by atoms with Crippen molar-refractivity contribution in [2.24, 2.45) is 0 Å². The number of carboxylic acid groups (broad SMARTS) is 1. The normalized spacial score (nSPS) is 10.6. The summed E-state index contributed by atoms with van der Waals surface area (Å²) in [7, 11) is 0. The highest BCUT2D eigenvalue weighted by Gasteiger charge is 2.16. The number of amides is 1. The van der Waals surface area contributed by atoms with E-state index in [0.29, 0.717) is 18.7 Å². The Morgan fingerprint density at radius 1 is 1.24 bits per heavy atom. The van der Waals surface area contributed by atoms with Crippen LogP contribution < -0.4 is 0 Å². The number of hydrogen-bond acceptors (Lipinski definition) is 3. The standard InChI is InChI=1S/C16H23NO3S/c1-13(2)17(10-6-9-16(19)20)15(18)12-21-11-14-7-4-3-5-8-14/h3-5,7-8,13H,6,9-12H2,1-2H3,(H,19,20). The summed E-state index contributed by atoms with van der Waals surface area (Å²) in [5.41, 5.74) is 1.21. The summed E-state index contributed by atoms with van der Waals surface area (Å²) in [4.78, 5) is 24.5. The van der Waals surface area contributed by atoms with Crippen molar-refractivity contribution in [3.63, 3.8) is 0 Å². The summed E-state index contributed by atoms with van der Waals surface area (Å²) in [5, 5.41) is 8.66. The van der Waals surface area contributed by atoms with Gasteiger partial charge in [0.25, 0.3) is 0 Å². The molecule has 1 aromatic carbocycles. The summed E-state index contributed by atoms with van der Waals surface area (Å²) >= 11 is 1.59. The number of nitrogens with zero attached hydrogens (tertiary/aromatic N) is 1. The molecule has 0 bridgehead atoms. The second-order valence-electron chi connectivity index (χ2n) is 5.16. The third-order valence-corrected chi connectivity index (χ3v) is 4.06. The Bertz CT molecular complexity index is 448. The Balaban J connectivity index is 2.36. The van der Waals surface area contributed by atoms with Crippen molar-refractivity contribution >= 4 is 23.6 Å². The number of aliphatic carboxylic acids is 1. The van der Waals surface area contributed by atoms with Crippen molar-refractivity contribution in [2.75, 3.05) is 12.3 Å². The van der Waals surface area contributed by atoms with Crippen LogP contribution in [0.4, 0.5) is 0 Å². The number of carbonyl (C=O) groups excluding carboxylic acids is 1. The fraction of sp³-hybridized carbons (Fsp3) is 0.500. The highest BCUT2D eigenvalue weighted by molar-refractivity contribution is 7.99. The first-order chi connectivity index (χ1) is 10.0. The smallest absolute Gasteiger partial charge is 0.303 e. The molecule has 5 heteroatoms. The number of benzene rings is 1. The molecule has 0 saturated heterocycles. The van der Waals surface area contributed by atoms with E-state index in [1.165, 1.54) is 5.56 Å². The average molecular weight is 309 g/mol. The van der Waals surface area contributed by atoms with Crippen molar-refractivity contribution in [1.29, 1.82) is 0 Å². The van der Waals surface area contributed by atoms with Gasteiger partial charge in [-0.2, -0.15) is 0 Å². The molecule has 0 aromatic heterocycles. The topological polar surface area (TPSA) is 57.6 Å². The first-order valence-electron chi connectivity index (χ1n) is 7.13. The minimum absolute atomic E-state index is 0.0799. The zero-order chi connectivity index (χ0) is 15.7. The largest absolute Gasteiger partial charge is 0.481 e. The van der Waals surface area contributed by atoms with Crippen LogP contribution in [0.25, 0.3) is 0 Å². The van der Waals surface area contributed by atoms with Gasteiger partial charge in [-0.1, -0.05) is 30.3 Å². The zero-order valence-electron chi connectivity index (χ0n) is 12.6. The van der Waals surface area contributed by atoms with Gasteiger partial charge in [0.05, 0.1) is 5.75 Å². The Kier molecular flexibility index (Phi) is 7.90. The van der Waals surface area contributed by atoms with E-state index in [0.717, 1.165) is 5.75 Å². The van der Waals surface area contributed by atoms with Crippen LogP contribution in [-0.4, -0.2) is 40.2 Å².